The summed E-state index contributed by atoms with van der Waals surface area (Å²) >= 11 is 0. The summed E-state index contributed by atoms with van der Waals surface area (Å²) in [6, 6.07) is 0. The van der Waals surface area contributed by atoms with Crippen molar-refractivity contribution in [2.75, 3.05) is 32.6 Å². The smallest absolute Gasteiger partial charge is 0.246 e. The molecule has 1 aliphatic heterocycles. The lowest BCUT2D eigenvalue weighted by Crippen LogP contribution is -2.39. The van der Waals surface area contributed by atoms with Crippen molar-refractivity contribution in [1.29, 1.82) is 0 Å². The SMILES string of the molecule is CP(C)(=O)CC(=O)CN1OCCCC1=O. The predicted molar refractivity (Wildman–Crippen MR) is 56.2 cm³/mol. The number of hydrogen-bond donors (Lipinski definition) is 0. The Balaban J connectivity index is 2.43. The molecule has 0 aliphatic carbocycles. The summed E-state index contributed by atoms with van der Waals surface area (Å²) in [5.41, 5.74) is 0. The molecule has 1 heterocycles. The average molecular weight is 233 g/mol. The Morgan fingerprint density at radius 2 is 2.20 bits per heavy atom. The molecule has 1 saturated heterocycles. The summed E-state index contributed by atoms with van der Waals surface area (Å²) in [4.78, 5) is 27.7. The quantitative estimate of drug-likeness (QED) is 0.671. The van der Waals surface area contributed by atoms with Crippen LogP contribution in [-0.2, 0) is 19.0 Å². The van der Waals surface area contributed by atoms with E-state index in [2.05, 4.69) is 0 Å². The molecule has 15 heavy (non-hydrogen) atoms. The van der Waals surface area contributed by atoms with Crippen molar-refractivity contribution in [2.45, 2.75) is 12.8 Å². The van der Waals surface area contributed by atoms with Gasteiger partial charge in [-0.3, -0.25) is 14.4 Å². The molecule has 0 N–H and O–H groups in total. The second kappa shape index (κ2) is 4.90. The van der Waals surface area contributed by atoms with Crippen LogP contribution in [0.4, 0.5) is 0 Å². The number of carbonyl (C=O) groups excluding carboxylic acids is 2. The lowest BCUT2D eigenvalue weighted by Gasteiger charge is -2.25. The van der Waals surface area contributed by atoms with Gasteiger partial charge in [-0.1, -0.05) is 0 Å². The number of hydrogen-bond acceptors (Lipinski definition) is 4. The van der Waals surface area contributed by atoms with Crippen molar-refractivity contribution in [2.24, 2.45) is 0 Å². The molecule has 0 atom stereocenters. The zero-order chi connectivity index (χ0) is 11.5. The highest BCUT2D eigenvalue weighted by atomic mass is 31.2. The fourth-order valence-corrected chi connectivity index (χ4v) is 2.31. The van der Waals surface area contributed by atoms with Crippen LogP contribution in [0.25, 0.3) is 0 Å². The highest BCUT2D eigenvalue weighted by Crippen LogP contribution is 2.35. The third-order valence-corrected chi connectivity index (χ3v) is 3.05. The van der Waals surface area contributed by atoms with E-state index >= 15 is 0 Å². The molecule has 0 saturated carbocycles. The number of ketones is 1. The molecule has 5 nitrogen and oxygen atoms in total. The van der Waals surface area contributed by atoms with Crippen LogP contribution in [0.15, 0.2) is 0 Å². The summed E-state index contributed by atoms with van der Waals surface area (Å²) in [5, 5.41) is 1.08. The summed E-state index contributed by atoms with van der Waals surface area (Å²) < 4.78 is 11.4. The molecule has 0 aromatic carbocycles. The molecule has 1 fully saturated rings. The third kappa shape index (κ3) is 4.58. The first-order valence-corrected chi connectivity index (χ1v) is 7.66. The van der Waals surface area contributed by atoms with Crippen LogP contribution in [0.5, 0.6) is 0 Å². The van der Waals surface area contributed by atoms with E-state index in [9.17, 15) is 14.2 Å². The first-order chi connectivity index (χ1) is 6.88. The van der Waals surface area contributed by atoms with Crippen LogP contribution in [0.2, 0.25) is 0 Å². The standard InChI is InChI=1S/C9H16NO4P/c1-15(2,13)7-8(11)6-10-9(12)4-3-5-14-10/h3-7H2,1-2H3. The third-order valence-electron chi connectivity index (χ3n) is 1.94. The van der Waals surface area contributed by atoms with Crippen LogP contribution in [0.3, 0.4) is 0 Å². The van der Waals surface area contributed by atoms with Crippen molar-refractivity contribution in [3.05, 3.63) is 0 Å². The van der Waals surface area contributed by atoms with Gasteiger partial charge in [0, 0.05) is 6.42 Å². The predicted octanol–water partition coefficient (Wildman–Crippen LogP) is 0.732. The van der Waals surface area contributed by atoms with Gasteiger partial charge in [0.15, 0.2) is 5.78 Å². The number of carbonyl (C=O) groups is 2. The Morgan fingerprint density at radius 1 is 1.53 bits per heavy atom. The Hall–Kier alpha value is -0.670. The summed E-state index contributed by atoms with van der Waals surface area (Å²) in [7, 11) is -2.35. The number of nitrogens with zero attached hydrogens (tertiary/aromatic N) is 1. The molecule has 0 spiro atoms. The number of amides is 1. The fraction of sp³-hybridized carbons (Fsp3) is 0.778. The van der Waals surface area contributed by atoms with E-state index in [0.29, 0.717) is 19.4 Å². The van der Waals surface area contributed by atoms with Gasteiger partial charge in [-0.15, -0.1) is 0 Å². The molecule has 1 aliphatic rings. The van der Waals surface area contributed by atoms with Gasteiger partial charge in [0.05, 0.1) is 19.9 Å². The van der Waals surface area contributed by atoms with E-state index in [-0.39, 0.29) is 24.4 Å². The first-order valence-electron chi connectivity index (χ1n) is 4.87. The number of Topliss-reactive ketones (excluding diaryl/α,β-unsaturated/α-hetero) is 1. The normalized spacial score (nSPS) is 18.0. The van der Waals surface area contributed by atoms with Crippen LogP contribution in [-0.4, -0.2) is 49.4 Å². The summed E-state index contributed by atoms with van der Waals surface area (Å²) in [6.45, 7) is 3.51. The molecule has 1 amide bonds. The van der Waals surface area contributed by atoms with Crippen molar-refractivity contribution < 1.29 is 19.0 Å². The van der Waals surface area contributed by atoms with Crippen LogP contribution < -0.4 is 0 Å². The van der Waals surface area contributed by atoms with Crippen molar-refractivity contribution in [3.63, 3.8) is 0 Å². The minimum absolute atomic E-state index is 0.0279. The molecule has 0 radical (unpaired) electrons. The largest absolute Gasteiger partial charge is 0.324 e. The zero-order valence-corrected chi connectivity index (χ0v) is 9.96. The Kier molecular flexibility index (Phi) is 4.05. The van der Waals surface area contributed by atoms with Crippen molar-refractivity contribution in [3.8, 4) is 0 Å². The first kappa shape index (κ1) is 12.4. The average Bonchev–Trinajstić information content (AvgIpc) is 2.05. The maximum atomic E-state index is 11.4. The molecular formula is C9H16NO4P. The minimum Gasteiger partial charge on any atom is -0.324 e. The Labute approximate surface area is 89.1 Å². The molecule has 1 rings (SSSR count). The highest BCUT2D eigenvalue weighted by Gasteiger charge is 2.23. The topological polar surface area (TPSA) is 63.7 Å². The van der Waals surface area contributed by atoms with Gasteiger partial charge in [-0.05, 0) is 19.8 Å². The van der Waals surface area contributed by atoms with E-state index in [0.717, 1.165) is 5.06 Å². The Morgan fingerprint density at radius 3 is 2.73 bits per heavy atom. The van der Waals surface area contributed by atoms with Crippen LogP contribution >= 0.6 is 7.14 Å². The molecule has 6 heteroatoms. The molecule has 0 aromatic rings. The lowest BCUT2D eigenvalue weighted by atomic mass is 10.3. The lowest BCUT2D eigenvalue weighted by molar-refractivity contribution is -0.198. The number of rotatable bonds is 4. The van der Waals surface area contributed by atoms with Crippen molar-refractivity contribution in [1.82, 2.24) is 5.06 Å². The van der Waals surface area contributed by atoms with Gasteiger partial charge < -0.3 is 4.57 Å². The van der Waals surface area contributed by atoms with Crippen LogP contribution in [0, 0.1) is 0 Å². The van der Waals surface area contributed by atoms with Gasteiger partial charge in [0.2, 0.25) is 5.91 Å². The van der Waals surface area contributed by atoms with E-state index in [1.165, 1.54) is 0 Å². The second-order valence-corrected chi connectivity index (χ2v) is 7.60. The van der Waals surface area contributed by atoms with Gasteiger partial charge >= 0.3 is 0 Å². The van der Waals surface area contributed by atoms with Gasteiger partial charge in [0.25, 0.3) is 0 Å². The molecular weight excluding hydrogens is 217 g/mol. The minimum atomic E-state index is -2.35. The fourth-order valence-electron chi connectivity index (χ4n) is 1.36. The van der Waals surface area contributed by atoms with E-state index < -0.39 is 7.14 Å². The molecule has 0 bridgehead atoms. The van der Waals surface area contributed by atoms with Crippen molar-refractivity contribution >= 4 is 18.8 Å². The van der Waals surface area contributed by atoms with E-state index in [1.54, 1.807) is 13.3 Å². The van der Waals surface area contributed by atoms with Gasteiger partial charge in [-0.2, -0.15) is 0 Å². The summed E-state index contributed by atoms with van der Waals surface area (Å²) in [5.74, 6) is -0.379. The highest BCUT2D eigenvalue weighted by molar-refractivity contribution is 7.63. The summed E-state index contributed by atoms with van der Waals surface area (Å²) in [6.07, 6.45) is 1.15. The van der Waals surface area contributed by atoms with Gasteiger partial charge in [-0.25, -0.2) is 5.06 Å². The maximum absolute atomic E-state index is 11.4. The maximum Gasteiger partial charge on any atom is 0.246 e. The molecule has 0 unspecified atom stereocenters. The van der Waals surface area contributed by atoms with E-state index in [1.807, 2.05) is 0 Å². The monoisotopic (exact) mass is 233 g/mol. The molecule has 0 aromatic heterocycles. The van der Waals surface area contributed by atoms with Gasteiger partial charge in [0.1, 0.15) is 6.54 Å². The second-order valence-electron chi connectivity index (χ2n) is 4.14. The number of hydroxylamine groups is 2. The Bertz CT molecular complexity index is 309. The molecule has 86 valence electrons. The zero-order valence-electron chi connectivity index (χ0n) is 9.06. The van der Waals surface area contributed by atoms with Crippen LogP contribution in [0.1, 0.15) is 12.8 Å². The van der Waals surface area contributed by atoms with E-state index in [4.69, 9.17) is 4.84 Å².